The summed E-state index contributed by atoms with van der Waals surface area (Å²) in [4.78, 5) is 55.3. The monoisotopic (exact) mass is 726 g/mol. The molecule has 41 heavy (non-hydrogen) atoms. The molecule has 0 aromatic heterocycles. The zero-order chi connectivity index (χ0) is 29.1. The maximum Gasteiger partial charge on any atom is 0.317 e. The van der Waals surface area contributed by atoms with E-state index in [9.17, 15) is 39.6 Å². The normalized spacial score (nSPS) is 25.9. The molecule has 1 saturated heterocycles. The molecule has 236 valence electrons. The van der Waals surface area contributed by atoms with Crippen molar-refractivity contribution in [3.05, 3.63) is 0 Å². The van der Waals surface area contributed by atoms with E-state index in [4.69, 9.17) is 0 Å². The first kappa shape index (κ1) is 36.2. The number of carbonyl (C=O) groups is 4. The summed E-state index contributed by atoms with van der Waals surface area (Å²) in [5.74, 6) is -3.44. The fourth-order valence-corrected chi connectivity index (χ4v) is 7.16. The SMILES string of the molecule is O=C(O)CN1CCN(CC(=O)O)C(C2CCCCC2)CN(CC(=O)O)CCN(CC(=O)O)C(C2CCCCC2)C1.[Gd]. The first-order chi connectivity index (χ1) is 19.1. The minimum atomic E-state index is -0.972. The quantitative estimate of drug-likeness (QED) is 0.257. The van der Waals surface area contributed by atoms with Crippen LogP contribution in [0.4, 0.5) is 0 Å². The Morgan fingerprint density at radius 1 is 0.488 bits per heavy atom. The smallest absolute Gasteiger partial charge is 0.317 e. The second-order valence-electron chi connectivity index (χ2n) is 11.9. The number of nitrogens with zero attached hydrogens (tertiary/aromatic N) is 4. The summed E-state index contributed by atoms with van der Waals surface area (Å²) in [7, 11) is 0. The van der Waals surface area contributed by atoms with Crippen LogP contribution in [0.3, 0.4) is 0 Å². The van der Waals surface area contributed by atoms with E-state index < -0.39 is 23.9 Å². The van der Waals surface area contributed by atoms with Gasteiger partial charge in [-0.2, -0.15) is 0 Å². The van der Waals surface area contributed by atoms with Crippen molar-refractivity contribution in [2.45, 2.75) is 76.3 Å². The molecule has 2 atom stereocenters. The van der Waals surface area contributed by atoms with Crippen molar-refractivity contribution in [1.82, 2.24) is 19.6 Å². The zero-order valence-corrected chi connectivity index (χ0v) is 26.3. The average Bonchev–Trinajstić information content (AvgIpc) is 2.89. The van der Waals surface area contributed by atoms with Gasteiger partial charge in [0.25, 0.3) is 0 Å². The van der Waals surface area contributed by atoms with E-state index in [-0.39, 0.29) is 90.0 Å². The Hall–Kier alpha value is -0.955. The molecule has 3 fully saturated rings. The molecule has 3 aliphatic rings. The summed E-state index contributed by atoms with van der Waals surface area (Å²) in [5, 5.41) is 39.1. The number of aliphatic carboxylic acids is 4. The van der Waals surface area contributed by atoms with E-state index in [1.54, 1.807) is 0 Å². The molecule has 1 aliphatic heterocycles. The predicted octanol–water partition coefficient (Wildman–Crippen LogP) is 1.44. The predicted molar refractivity (Wildman–Crippen MR) is 147 cm³/mol. The Kier molecular flexibility index (Phi) is 16.5. The fourth-order valence-electron chi connectivity index (χ4n) is 7.16. The van der Waals surface area contributed by atoms with Crippen molar-refractivity contribution in [2.24, 2.45) is 11.8 Å². The van der Waals surface area contributed by atoms with Crippen LogP contribution in [0.15, 0.2) is 0 Å². The number of rotatable bonds is 10. The molecular formula is C28H48GdN4O8. The Morgan fingerprint density at radius 3 is 1.10 bits per heavy atom. The van der Waals surface area contributed by atoms with Crippen LogP contribution in [0, 0.1) is 51.8 Å². The van der Waals surface area contributed by atoms with Crippen molar-refractivity contribution in [2.75, 3.05) is 65.4 Å². The standard InChI is InChI=1S/C28H48N4O8.Gd/c33-25(34)17-29-12-14-32(20-28(39)40)24(22-9-5-2-6-10-22)16-30(18-26(35)36)11-13-31(19-27(37)38)23(15-29)21-7-3-1-4-8-21;/h21-24H,1-20H2,(H,33,34)(H,35,36)(H,37,38)(H,39,40);. The van der Waals surface area contributed by atoms with E-state index in [0.717, 1.165) is 64.2 Å². The van der Waals surface area contributed by atoms with Gasteiger partial charge in [-0.15, -0.1) is 0 Å². The molecule has 2 unspecified atom stereocenters. The van der Waals surface area contributed by atoms with Crippen LogP contribution in [0.2, 0.25) is 0 Å². The zero-order valence-electron chi connectivity index (χ0n) is 24.0. The second kappa shape index (κ2) is 18.7. The first-order valence-corrected chi connectivity index (χ1v) is 14.9. The Balaban J connectivity index is 0.00000588. The van der Waals surface area contributed by atoms with Crippen molar-refractivity contribution in [1.29, 1.82) is 0 Å². The molecule has 4 N–H and O–H groups in total. The number of hydrogen-bond donors (Lipinski definition) is 4. The maximum atomic E-state index is 12.0. The third-order valence-corrected chi connectivity index (χ3v) is 9.02. The van der Waals surface area contributed by atoms with Crippen molar-refractivity contribution in [3.8, 4) is 0 Å². The van der Waals surface area contributed by atoms with Gasteiger partial charge in [-0.1, -0.05) is 38.5 Å². The number of hydrogen-bond acceptors (Lipinski definition) is 8. The van der Waals surface area contributed by atoms with E-state index in [0.29, 0.717) is 39.3 Å². The molecule has 0 aromatic carbocycles. The minimum Gasteiger partial charge on any atom is -0.480 e. The average molecular weight is 726 g/mol. The number of carboxylic acids is 4. The molecule has 2 aliphatic carbocycles. The third-order valence-electron chi connectivity index (χ3n) is 9.02. The van der Waals surface area contributed by atoms with Gasteiger partial charge >= 0.3 is 23.9 Å². The van der Waals surface area contributed by atoms with Gasteiger partial charge < -0.3 is 20.4 Å². The molecule has 12 nitrogen and oxygen atoms in total. The molecule has 2 saturated carbocycles. The molecule has 1 heterocycles. The molecule has 0 aromatic rings. The maximum absolute atomic E-state index is 12.0. The van der Waals surface area contributed by atoms with Gasteiger partial charge in [0.05, 0.1) is 26.2 Å². The molecule has 0 bridgehead atoms. The summed E-state index contributed by atoms with van der Waals surface area (Å²) in [6.45, 7) is 1.32. The largest absolute Gasteiger partial charge is 0.480 e. The molecule has 0 radical (unpaired) electrons. The van der Waals surface area contributed by atoms with Crippen molar-refractivity contribution in [3.63, 3.8) is 0 Å². The van der Waals surface area contributed by atoms with E-state index in [2.05, 4.69) is 0 Å². The summed E-state index contributed by atoms with van der Waals surface area (Å²) >= 11 is 0. The van der Waals surface area contributed by atoms with Gasteiger partial charge in [0.15, 0.2) is 0 Å². The van der Waals surface area contributed by atoms with Gasteiger partial charge in [0.1, 0.15) is 0 Å². The molecule has 0 spiro atoms. The Labute approximate surface area is 275 Å². The van der Waals surface area contributed by atoms with Gasteiger partial charge in [-0.3, -0.25) is 38.8 Å². The summed E-state index contributed by atoms with van der Waals surface area (Å²) < 4.78 is 0. The van der Waals surface area contributed by atoms with Crippen LogP contribution in [0.1, 0.15) is 64.2 Å². The van der Waals surface area contributed by atoms with Gasteiger partial charge in [-0.05, 0) is 37.5 Å². The second-order valence-corrected chi connectivity index (χ2v) is 11.9. The molecule has 0 amide bonds. The minimum absolute atomic E-state index is 0. The van der Waals surface area contributed by atoms with Crippen LogP contribution in [0.5, 0.6) is 0 Å². The van der Waals surface area contributed by atoms with Crippen LogP contribution < -0.4 is 0 Å². The van der Waals surface area contributed by atoms with Crippen molar-refractivity contribution >= 4 is 23.9 Å². The van der Waals surface area contributed by atoms with Crippen molar-refractivity contribution < 1.29 is 79.5 Å². The van der Waals surface area contributed by atoms with Gasteiger partial charge in [0, 0.05) is 91.3 Å². The molecule has 3 rings (SSSR count). The Bertz CT molecular complexity index is 785. The van der Waals surface area contributed by atoms with E-state index in [1.807, 2.05) is 19.6 Å². The molecular weight excluding hydrogens is 678 g/mol. The number of carboxylic acid groups (broad SMARTS) is 4. The van der Waals surface area contributed by atoms with Gasteiger partial charge in [-0.25, -0.2) is 0 Å². The Morgan fingerprint density at radius 2 is 0.805 bits per heavy atom. The van der Waals surface area contributed by atoms with E-state index in [1.165, 1.54) is 0 Å². The van der Waals surface area contributed by atoms with Crippen LogP contribution in [-0.4, -0.2) is 141 Å². The first-order valence-electron chi connectivity index (χ1n) is 14.9. The van der Waals surface area contributed by atoms with Gasteiger partial charge in [0.2, 0.25) is 0 Å². The van der Waals surface area contributed by atoms with Crippen LogP contribution in [0.25, 0.3) is 0 Å². The summed E-state index contributed by atoms with van der Waals surface area (Å²) in [6, 6.07) is -0.382. The topological polar surface area (TPSA) is 162 Å². The van der Waals surface area contributed by atoms with E-state index >= 15 is 0 Å². The summed E-state index contributed by atoms with van der Waals surface area (Å²) in [6.07, 6.45) is 10.2. The molecule has 13 heteroatoms. The van der Waals surface area contributed by atoms with Crippen LogP contribution in [-0.2, 0) is 19.2 Å². The fraction of sp³-hybridized carbons (Fsp3) is 0.857. The summed E-state index contributed by atoms with van der Waals surface area (Å²) in [5.41, 5.74) is 0. The van der Waals surface area contributed by atoms with Crippen LogP contribution >= 0.6 is 0 Å². The third kappa shape index (κ3) is 12.7.